The largest absolute Gasteiger partial charge is 0.364 e. The fraction of sp³-hybridized carbons (Fsp3) is 0.357. The Bertz CT molecular complexity index is 538. The quantitative estimate of drug-likeness (QED) is 0.793. The van der Waals surface area contributed by atoms with Gasteiger partial charge in [0.25, 0.3) is 11.8 Å². The van der Waals surface area contributed by atoms with Gasteiger partial charge in [0, 0.05) is 11.8 Å². The number of carbonyl (C=O) groups excluding carboxylic acids is 2. The number of nitrogens with zero attached hydrogens (tertiary/aromatic N) is 1. The SMILES string of the molecule is C#C[C@H](NC(=O)c1ccnc(C(N)=O)c1)C(C)(C)C. The van der Waals surface area contributed by atoms with Crippen LogP contribution in [0.2, 0.25) is 0 Å². The lowest BCUT2D eigenvalue weighted by molar-refractivity contribution is 0.0922. The van der Waals surface area contributed by atoms with Crippen molar-refractivity contribution in [1.29, 1.82) is 0 Å². The van der Waals surface area contributed by atoms with Crippen molar-refractivity contribution in [2.45, 2.75) is 26.8 Å². The number of aromatic nitrogens is 1. The van der Waals surface area contributed by atoms with Crippen LogP contribution in [0.3, 0.4) is 0 Å². The maximum absolute atomic E-state index is 12.0. The molecule has 5 nitrogen and oxygen atoms in total. The lowest BCUT2D eigenvalue weighted by Crippen LogP contribution is -2.42. The van der Waals surface area contributed by atoms with Crippen molar-refractivity contribution >= 4 is 11.8 Å². The molecule has 0 saturated heterocycles. The third kappa shape index (κ3) is 3.81. The van der Waals surface area contributed by atoms with E-state index in [9.17, 15) is 9.59 Å². The van der Waals surface area contributed by atoms with Crippen LogP contribution in [-0.2, 0) is 0 Å². The Morgan fingerprint density at radius 2 is 2.11 bits per heavy atom. The van der Waals surface area contributed by atoms with E-state index in [1.807, 2.05) is 20.8 Å². The van der Waals surface area contributed by atoms with E-state index in [2.05, 4.69) is 16.2 Å². The first kappa shape index (κ1) is 14.7. The van der Waals surface area contributed by atoms with Gasteiger partial charge in [-0.2, -0.15) is 0 Å². The minimum Gasteiger partial charge on any atom is -0.364 e. The van der Waals surface area contributed by atoms with Gasteiger partial charge in [-0.3, -0.25) is 14.6 Å². The number of nitrogens with one attached hydrogen (secondary N) is 1. The van der Waals surface area contributed by atoms with Crippen LogP contribution in [0, 0.1) is 17.8 Å². The minimum absolute atomic E-state index is 0.0423. The molecule has 0 aliphatic heterocycles. The zero-order chi connectivity index (χ0) is 14.6. The van der Waals surface area contributed by atoms with E-state index in [0.717, 1.165) is 0 Å². The topological polar surface area (TPSA) is 85.1 Å². The van der Waals surface area contributed by atoms with Gasteiger partial charge in [0.1, 0.15) is 5.69 Å². The van der Waals surface area contributed by atoms with Crippen molar-refractivity contribution in [2.75, 3.05) is 0 Å². The molecule has 1 heterocycles. The van der Waals surface area contributed by atoms with Gasteiger partial charge in [-0.05, 0) is 17.5 Å². The predicted molar refractivity (Wildman–Crippen MR) is 72.3 cm³/mol. The molecule has 5 heteroatoms. The number of amides is 2. The van der Waals surface area contributed by atoms with Gasteiger partial charge >= 0.3 is 0 Å². The van der Waals surface area contributed by atoms with Crippen molar-refractivity contribution in [2.24, 2.45) is 11.1 Å². The Balaban J connectivity index is 2.93. The fourth-order valence-corrected chi connectivity index (χ4v) is 1.43. The van der Waals surface area contributed by atoms with E-state index >= 15 is 0 Å². The van der Waals surface area contributed by atoms with Crippen LogP contribution in [0.15, 0.2) is 18.3 Å². The molecular formula is C14H17N3O2. The molecule has 0 aliphatic rings. The molecule has 19 heavy (non-hydrogen) atoms. The Hall–Kier alpha value is -2.35. The molecule has 2 amide bonds. The van der Waals surface area contributed by atoms with Crippen LogP contribution < -0.4 is 11.1 Å². The van der Waals surface area contributed by atoms with Gasteiger partial charge in [-0.25, -0.2) is 0 Å². The number of pyridine rings is 1. The predicted octanol–water partition coefficient (Wildman–Crippen LogP) is 0.958. The first-order valence-corrected chi connectivity index (χ1v) is 5.78. The Labute approximate surface area is 112 Å². The smallest absolute Gasteiger partial charge is 0.267 e. The molecule has 1 atom stereocenters. The molecule has 3 N–H and O–H groups in total. The maximum Gasteiger partial charge on any atom is 0.267 e. The average Bonchev–Trinajstić information content (AvgIpc) is 2.34. The fourth-order valence-electron chi connectivity index (χ4n) is 1.43. The molecular weight excluding hydrogens is 242 g/mol. The highest BCUT2D eigenvalue weighted by molar-refractivity contribution is 5.98. The molecule has 0 fully saturated rings. The average molecular weight is 259 g/mol. The van der Waals surface area contributed by atoms with E-state index in [-0.39, 0.29) is 17.0 Å². The zero-order valence-electron chi connectivity index (χ0n) is 11.2. The summed E-state index contributed by atoms with van der Waals surface area (Å²) in [5.41, 5.74) is 5.20. The number of hydrogen-bond donors (Lipinski definition) is 2. The van der Waals surface area contributed by atoms with Gasteiger partial charge in [-0.15, -0.1) is 6.42 Å². The van der Waals surface area contributed by atoms with Gasteiger partial charge in [-0.1, -0.05) is 26.7 Å². The van der Waals surface area contributed by atoms with Gasteiger partial charge in [0.05, 0.1) is 6.04 Å². The number of hydrogen-bond acceptors (Lipinski definition) is 3. The first-order valence-electron chi connectivity index (χ1n) is 5.78. The van der Waals surface area contributed by atoms with Crippen molar-refractivity contribution in [3.63, 3.8) is 0 Å². The highest BCUT2D eigenvalue weighted by Gasteiger charge is 2.24. The molecule has 1 aromatic rings. The van der Waals surface area contributed by atoms with Gasteiger partial charge < -0.3 is 11.1 Å². The number of primary amides is 1. The zero-order valence-corrected chi connectivity index (χ0v) is 11.2. The summed E-state index contributed by atoms with van der Waals surface area (Å²) >= 11 is 0. The lowest BCUT2D eigenvalue weighted by Gasteiger charge is -2.27. The molecule has 0 aromatic carbocycles. The minimum atomic E-state index is -0.682. The van der Waals surface area contributed by atoms with Gasteiger partial charge in [0.2, 0.25) is 0 Å². The summed E-state index contributed by atoms with van der Waals surface area (Å²) in [4.78, 5) is 26.8. The number of rotatable bonds is 3. The van der Waals surface area contributed by atoms with Crippen LogP contribution in [0.5, 0.6) is 0 Å². The standard InChI is InChI=1S/C14H17N3O2/c1-5-11(14(2,3)4)17-13(19)9-6-7-16-10(8-9)12(15)18/h1,6-8,11H,2-4H3,(H2,15,18)(H,17,19)/t11-/m0/s1. The van der Waals surface area contributed by atoms with Crippen LogP contribution in [0.25, 0.3) is 0 Å². The van der Waals surface area contributed by atoms with Crippen molar-refractivity contribution < 1.29 is 9.59 Å². The summed E-state index contributed by atoms with van der Waals surface area (Å²) in [6.45, 7) is 5.79. The molecule has 100 valence electrons. The molecule has 0 spiro atoms. The van der Waals surface area contributed by atoms with Crippen molar-refractivity contribution in [3.05, 3.63) is 29.6 Å². The third-order valence-corrected chi connectivity index (χ3v) is 2.58. The van der Waals surface area contributed by atoms with E-state index in [4.69, 9.17) is 12.2 Å². The van der Waals surface area contributed by atoms with Crippen LogP contribution >= 0.6 is 0 Å². The monoisotopic (exact) mass is 259 g/mol. The molecule has 0 unspecified atom stereocenters. The first-order chi connectivity index (χ1) is 8.75. The number of carbonyl (C=O) groups is 2. The normalized spacial score (nSPS) is 12.3. The number of nitrogens with two attached hydrogens (primary N) is 1. The summed E-state index contributed by atoms with van der Waals surface area (Å²) in [6, 6.07) is 2.43. The summed E-state index contributed by atoms with van der Waals surface area (Å²) in [6.07, 6.45) is 6.77. The summed E-state index contributed by atoms with van der Waals surface area (Å²) in [7, 11) is 0. The van der Waals surface area contributed by atoms with Crippen LogP contribution in [0.1, 0.15) is 41.6 Å². The Kier molecular flexibility index (Phi) is 4.28. The Morgan fingerprint density at radius 1 is 1.47 bits per heavy atom. The third-order valence-electron chi connectivity index (χ3n) is 2.58. The van der Waals surface area contributed by atoms with Crippen molar-refractivity contribution in [1.82, 2.24) is 10.3 Å². The molecule has 0 aliphatic carbocycles. The highest BCUT2D eigenvalue weighted by atomic mass is 16.2. The summed E-state index contributed by atoms with van der Waals surface area (Å²) in [5.74, 6) is 1.50. The molecule has 0 radical (unpaired) electrons. The van der Waals surface area contributed by atoms with Crippen molar-refractivity contribution in [3.8, 4) is 12.3 Å². The molecule has 0 bridgehead atoms. The van der Waals surface area contributed by atoms with Crippen LogP contribution in [-0.4, -0.2) is 22.8 Å². The van der Waals surface area contributed by atoms with Gasteiger partial charge in [0.15, 0.2) is 0 Å². The Morgan fingerprint density at radius 3 is 2.58 bits per heavy atom. The van der Waals surface area contributed by atoms with E-state index in [1.165, 1.54) is 18.3 Å². The van der Waals surface area contributed by atoms with E-state index < -0.39 is 11.9 Å². The summed E-state index contributed by atoms with van der Waals surface area (Å²) in [5, 5.41) is 2.73. The highest BCUT2D eigenvalue weighted by Crippen LogP contribution is 2.19. The second-order valence-electron chi connectivity index (χ2n) is 5.23. The summed E-state index contributed by atoms with van der Waals surface area (Å²) < 4.78 is 0. The lowest BCUT2D eigenvalue weighted by atomic mass is 9.87. The maximum atomic E-state index is 12.0. The van der Waals surface area contributed by atoms with E-state index in [0.29, 0.717) is 5.56 Å². The number of terminal acetylenes is 1. The molecule has 1 aromatic heterocycles. The van der Waals surface area contributed by atoms with E-state index in [1.54, 1.807) is 0 Å². The molecule has 0 saturated carbocycles. The molecule has 1 rings (SSSR count). The second kappa shape index (κ2) is 5.53. The van der Waals surface area contributed by atoms with Crippen LogP contribution in [0.4, 0.5) is 0 Å². The second-order valence-corrected chi connectivity index (χ2v) is 5.23.